The Hall–Kier alpha value is -0.890. The Bertz CT molecular complexity index is 250. The van der Waals surface area contributed by atoms with Gasteiger partial charge in [0.05, 0.1) is 5.69 Å². The fraction of sp³-hybridized carbons (Fsp3) is 0.250. The predicted molar refractivity (Wildman–Crippen MR) is 47.3 cm³/mol. The Labute approximate surface area is 70.8 Å². The molecule has 0 fully saturated rings. The number of aromatic hydroxyl groups is 1. The fourth-order valence-corrected chi connectivity index (χ4v) is 1.01. The lowest BCUT2D eigenvalue weighted by Crippen LogP contribution is -1.96. The third kappa shape index (κ3) is 2.02. The monoisotopic (exact) mass is 171 g/mol. The number of anilines is 1. The summed E-state index contributed by atoms with van der Waals surface area (Å²) in [7, 11) is 0. The SMILES string of the molecule is CCNc1cc(Cl)ccc1O. The maximum Gasteiger partial charge on any atom is 0.138 e. The third-order valence-electron chi connectivity index (χ3n) is 1.33. The first-order valence-corrected chi connectivity index (χ1v) is 3.84. The molecule has 0 aromatic heterocycles. The Morgan fingerprint density at radius 1 is 1.55 bits per heavy atom. The highest BCUT2D eigenvalue weighted by Crippen LogP contribution is 2.25. The van der Waals surface area contributed by atoms with E-state index in [-0.39, 0.29) is 5.75 Å². The van der Waals surface area contributed by atoms with E-state index < -0.39 is 0 Å². The van der Waals surface area contributed by atoms with Crippen molar-refractivity contribution in [3.63, 3.8) is 0 Å². The van der Waals surface area contributed by atoms with Crippen LogP contribution in [0.3, 0.4) is 0 Å². The highest BCUT2D eigenvalue weighted by Gasteiger charge is 1.98. The molecule has 0 amide bonds. The van der Waals surface area contributed by atoms with Crippen LogP contribution in [0, 0.1) is 0 Å². The normalized spacial score (nSPS) is 9.64. The molecule has 0 heterocycles. The first-order valence-electron chi connectivity index (χ1n) is 3.46. The summed E-state index contributed by atoms with van der Waals surface area (Å²) in [5.74, 6) is 0.233. The van der Waals surface area contributed by atoms with Gasteiger partial charge in [0.15, 0.2) is 0 Å². The summed E-state index contributed by atoms with van der Waals surface area (Å²) in [6.45, 7) is 2.73. The van der Waals surface area contributed by atoms with E-state index in [9.17, 15) is 5.11 Å². The minimum Gasteiger partial charge on any atom is -0.506 e. The largest absolute Gasteiger partial charge is 0.506 e. The number of phenolic OH excluding ortho intramolecular Hbond substituents is 1. The summed E-state index contributed by atoms with van der Waals surface area (Å²) in [6.07, 6.45) is 0. The summed E-state index contributed by atoms with van der Waals surface area (Å²) < 4.78 is 0. The van der Waals surface area contributed by atoms with Crippen LogP contribution >= 0.6 is 11.6 Å². The van der Waals surface area contributed by atoms with Gasteiger partial charge in [-0.25, -0.2) is 0 Å². The first-order chi connectivity index (χ1) is 5.24. The molecule has 1 aromatic carbocycles. The quantitative estimate of drug-likeness (QED) is 0.671. The standard InChI is InChI=1S/C8H10ClNO/c1-2-10-7-5-6(9)3-4-8(7)11/h3-5,10-11H,2H2,1H3. The van der Waals surface area contributed by atoms with E-state index in [1.165, 1.54) is 0 Å². The zero-order valence-corrected chi connectivity index (χ0v) is 7.02. The predicted octanol–water partition coefficient (Wildman–Crippen LogP) is 2.48. The van der Waals surface area contributed by atoms with E-state index in [0.717, 1.165) is 6.54 Å². The summed E-state index contributed by atoms with van der Waals surface area (Å²) in [5, 5.41) is 12.9. The van der Waals surface area contributed by atoms with E-state index in [4.69, 9.17) is 11.6 Å². The second kappa shape index (κ2) is 3.49. The van der Waals surface area contributed by atoms with Gasteiger partial charge < -0.3 is 10.4 Å². The average Bonchev–Trinajstić information content (AvgIpc) is 1.98. The molecule has 0 saturated carbocycles. The van der Waals surface area contributed by atoms with E-state index >= 15 is 0 Å². The molecule has 0 aliphatic carbocycles. The number of nitrogens with one attached hydrogen (secondary N) is 1. The molecular formula is C8H10ClNO. The molecule has 0 unspecified atom stereocenters. The smallest absolute Gasteiger partial charge is 0.138 e. The van der Waals surface area contributed by atoms with Gasteiger partial charge in [-0.15, -0.1) is 0 Å². The minimum absolute atomic E-state index is 0.233. The summed E-state index contributed by atoms with van der Waals surface area (Å²) in [6, 6.07) is 4.92. The van der Waals surface area contributed by atoms with Crippen molar-refractivity contribution in [2.24, 2.45) is 0 Å². The van der Waals surface area contributed by atoms with Crippen LogP contribution in [0.1, 0.15) is 6.92 Å². The van der Waals surface area contributed by atoms with Crippen LogP contribution in [0.15, 0.2) is 18.2 Å². The Balaban J connectivity index is 2.93. The van der Waals surface area contributed by atoms with Gasteiger partial charge in [0.1, 0.15) is 5.75 Å². The van der Waals surface area contributed by atoms with Gasteiger partial charge in [-0.05, 0) is 25.1 Å². The second-order valence-electron chi connectivity index (χ2n) is 2.19. The third-order valence-corrected chi connectivity index (χ3v) is 1.56. The molecule has 0 spiro atoms. The maximum atomic E-state index is 9.24. The average molecular weight is 172 g/mol. The molecule has 3 heteroatoms. The Morgan fingerprint density at radius 2 is 2.27 bits per heavy atom. The van der Waals surface area contributed by atoms with Crippen LogP contribution in [0.4, 0.5) is 5.69 Å². The second-order valence-corrected chi connectivity index (χ2v) is 2.63. The van der Waals surface area contributed by atoms with Gasteiger partial charge in [-0.1, -0.05) is 11.6 Å². The van der Waals surface area contributed by atoms with E-state index in [1.807, 2.05) is 6.92 Å². The molecule has 0 bridgehead atoms. The van der Waals surface area contributed by atoms with Crippen LogP contribution in [-0.2, 0) is 0 Å². The van der Waals surface area contributed by atoms with Crippen LogP contribution in [0.2, 0.25) is 5.02 Å². The molecule has 0 radical (unpaired) electrons. The molecule has 2 nitrogen and oxygen atoms in total. The molecule has 0 saturated heterocycles. The van der Waals surface area contributed by atoms with Gasteiger partial charge in [0.2, 0.25) is 0 Å². The molecule has 11 heavy (non-hydrogen) atoms. The van der Waals surface area contributed by atoms with Gasteiger partial charge >= 0.3 is 0 Å². The van der Waals surface area contributed by atoms with Crippen molar-refractivity contribution in [3.8, 4) is 5.75 Å². The van der Waals surface area contributed by atoms with E-state index in [1.54, 1.807) is 18.2 Å². The molecule has 1 aromatic rings. The lowest BCUT2D eigenvalue weighted by molar-refractivity contribution is 0.477. The van der Waals surface area contributed by atoms with Crippen LogP contribution in [0.25, 0.3) is 0 Å². The van der Waals surface area contributed by atoms with Crippen molar-refractivity contribution >= 4 is 17.3 Å². The van der Waals surface area contributed by atoms with Crippen molar-refractivity contribution < 1.29 is 5.11 Å². The highest BCUT2D eigenvalue weighted by atomic mass is 35.5. The molecule has 0 aliphatic heterocycles. The fourth-order valence-electron chi connectivity index (χ4n) is 0.840. The summed E-state index contributed by atoms with van der Waals surface area (Å²) in [5.41, 5.74) is 0.681. The number of halogens is 1. The molecule has 0 atom stereocenters. The maximum absolute atomic E-state index is 9.24. The van der Waals surface area contributed by atoms with Crippen molar-refractivity contribution in [1.29, 1.82) is 0 Å². The van der Waals surface area contributed by atoms with Gasteiger partial charge in [-0.3, -0.25) is 0 Å². The van der Waals surface area contributed by atoms with Crippen LogP contribution in [0.5, 0.6) is 5.75 Å². The number of benzene rings is 1. The minimum atomic E-state index is 0.233. The van der Waals surface area contributed by atoms with Crippen molar-refractivity contribution in [3.05, 3.63) is 23.2 Å². The summed E-state index contributed by atoms with van der Waals surface area (Å²) in [4.78, 5) is 0. The molecular weight excluding hydrogens is 162 g/mol. The molecule has 60 valence electrons. The molecule has 1 rings (SSSR count). The Kier molecular flexibility index (Phi) is 2.60. The van der Waals surface area contributed by atoms with Gasteiger partial charge in [0, 0.05) is 11.6 Å². The zero-order valence-electron chi connectivity index (χ0n) is 6.26. The van der Waals surface area contributed by atoms with Gasteiger partial charge in [0.25, 0.3) is 0 Å². The van der Waals surface area contributed by atoms with Crippen molar-refractivity contribution in [2.75, 3.05) is 11.9 Å². The zero-order chi connectivity index (χ0) is 8.27. The molecule has 0 aliphatic rings. The lowest BCUT2D eigenvalue weighted by Gasteiger charge is -2.05. The number of phenols is 1. The topological polar surface area (TPSA) is 32.3 Å². The molecule has 2 N–H and O–H groups in total. The number of hydrogen-bond acceptors (Lipinski definition) is 2. The van der Waals surface area contributed by atoms with Crippen molar-refractivity contribution in [1.82, 2.24) is 0 Å². The van der Waals surface area contributed by atoms with E-state index in [0.29, 0.717) is 10.7 Å². The van der Waals surface area contributed by atoms with Crippen molar-refractivity contribution in [2.45, 2.75) is 6.92 Å². The lowest BCUT2D eigenvalue weighted by atomic mass is 10.3. The van der Waals surface area contributed by atoms with E-state index in [2.05, 4.69) is 5.32 Å². The Morgan fingerprint density at radius 3 is 2.91 bits per heavy atom. The summed E-state index contributed by atoms with van der Waals surface area (Å²) >= 11 is 5.70. The van der Waals surface area contributed by atoms with Crippen LogP contribution in [-0.4, -0.2) is 11.7 Å². The number of hydrogen-bond donors (Lipinski definition) is 2. The highest BCUT2D eigenvalue weighted by molar-refractivity contribution is 6.30. The van der Waals surface area contributed by atoms with Crippen LogP contribution < -0.4 is 5.32 Å². The number of rotatable bonds is 2. The first kappa shape index (κ1) is 8.21. The van der Waals surface area contributed by atoms with Gasteiger partial charge in [-0.2, -0.15) is 0 Å².